The Labute approximate surface area is 216 Å². The highest BCUT2D eigenvalue weighted by molar-refractivity contribution is 5.84. The molecule has 1 aromatic heterocycles. The summed E-state index contributed by atoms with van der Waals surface area (Å²) in [6.45, 7) is 3.12. The van der Waals surface area contributed by atoms with Crippen LogP contribution in [-0.2, 0) is 19.4 Å². The number of aliphatic hydroxyl groups excluding tert-OH is 1. The number of aryl methyl sites for hydroxylation is 2. The number of aliphatic hydroxyl groups is 1. The summed E-state index contributed by atoms with van der Waals surface area (Å²) in [5.74, 6) is -2.91. The van der Waals surface area contributed by atoms with Crippen molar-refractivity contribution >= 4 is 10.9 Å². The van der Waals surface area contributed by atoms with Crippen LogP contribution in [0, 0.1) is 22.9 Å². The predicted molar refractivity (Wildman–Crippen MR) is 139 cm³/mol. The molecule has 5 nitrogen and oxygen atoms in total. The number of aromatic nitrogens is 1. The number of likely N-dealkylation sites (tertiary alicyclic amines) is 1. The van der Waals surface area contributed by atoms with Crippen LogP contribution in [0.3, 0.4) is 0 Å². The Bertz CT molecular complexity index is 1180. The van der Waals surface area contributed by atoms with Crippen molar-refractivity contribution in [2.24, 2.45) is 11.1 Å². The first-order valence-corrected chi connectivity index (χ1v) is 13.0. The minimum absolute atomic E-state index is 0.108. The lowest BCUT2D eigenvalue weighted by Crippen LogP contribution is -2.42. The molecule has 0 radical (unpaired) electrons. The number of nitrogens with two attached hydrogens (primary N) is 1. The van der Waals surface area contributed by atoms with Crippen molar-refractivity contribution in [3.8, 4) is 5.75 Å². The van der Waals surface area contributed by atoms with Gasteiger partial charge in [-0.3, -0.25) is 4.98 Å². The molecule has 1 aliphatic heterocycles. The normalized spacial score (nSPS) is 15.8. The zero-order chi connectivity index (χ0) is 26.4. The molecule has 2 heterocycles. The van der Waals surface area contributed by atoms with E-state index < -0.39 is 17.5 Å². The average Bonchev–Trinajstić information content (AvgIpc) is 2.92. The quantitative estimate of drug-likeness (QED) is 0.346. The van der Waals surface area contributed by atoms with E-state index in [0.29, 0.717) is 18.5 Å². The first-order valence-electron chi connectivity index (χ1n) is 13.0. The van der Waals surface area contributed by atoms with Crippen LogP contribution in [0.25, 0.3) is 10.9 Å². The van der Waals surface area contributed by atoms with Crippen molar-refractivity contribution in [3.63, 3.8) is 0 Å². The van der Waals surface area contributed by atoms with Gasteiger partial charge in [0.1, 0.15) is 5.75 Å². The summed E-state index contributed by atoms with van der Waals surface area (Å²) in [4.78, 5) is 6.88. The topological polar surface area (TPSA) is 71.6 Å². The van der Waals surface area contributed by atoms with Crippen molar-refractivity contribution in [3.05, 3.63) is 70.7 Å². The van der Waals surface area contributed by atoms with Crippen molar-refractivity contribution in [2.45, 2.75) is 51.5 Å². The summed E-state index contributed by atoms with van der Waals surface area (Å²) in [5, 5.41) is 11.4. The van der Waals surface area contributed by atoms with Gasteiger partial charge in [0.05, 0.1) is 12.6 Å². The maximum Gasteiger partial charge on any atom is 0.194 e. The van der Waals surface area contributed by atoms with Crippen LogP contribution in [0.1, 0.15) is 48.8 Å². The largest absolute Gasteiger partial charge is 0.497 e. The zero-order valence-electron chi connectivity index (χ0n) is 21.4. The minimum Gasteiger partial charge on any atom is -0.497 e. The predicted octanol–water partition coefficient (Wildman–Crippen LogP) is 5.15. The summed E-state index contributed by atoms with van der Waals surface area (Å²) < 4.78 is 45.5. The molecular weight excluding hydrogens is 479 g/mol. The van der Waals surface area contributed by atoms with Crippen molar-refractivity contribution in [1.29, 1.82) is 0 Å². The number of piperidine rings is 1. The van der Waals surface area contributed by atoms with Crippen LogP contribution in [0.5, 0.6) is 5.75 Å². The molecule has 0 bridgehead atoms. The maximum absolute atomic E-state index is 13.4. The van der Waals surface area contributed by atoms with Gasteiger partial charge in [0.25, 0.3) is 0 Å². The Kier molecular flexibility index (Phi) is 9.05. The number of pyridine rings is 1. The minimum atomic E-state index is -1.42. The first-order chi connectivity index (χ1) is 17.9. The molecule has 37 heavy (non-hydrogen) atoms. The molecule has 0 saturated carbocycles. The number of hydrogen-bond acceptors (Lipinski definition) is 5. The lowest BCUT2D eigenvalue weighted by atomic mass is 9.74. The van der Waals surface area contributed by atoms with Crippen LogP contribution in [-0.4, -0.2) is 48.3 Å². The Morgan fingerprint density at radius 3 is 2.43 bits per heavy atom. The molecule has 0 unspecified atom stereocenters. The number of ether oxygens (including phenoxy) is 1. The van der Waals surface area contributed by atoms with Crippen LogP contribution in [0.4, 0.5) is 13.2 Å². The van der Waals surface area contributed by atoms with Gasteiger partial charge in [0.2, 0.25) is 0 Å². The van der Waals surface area contributed by atoms with E-state index in [1.165, 1.54) is 5.56 Å². The smallest absolute Gasteiger partial charge is 0.194 e. The highest BCUT2D eigenvalue weighted by Crippen LogP contribution is 2.37. The summed E-state index contributed by atoms with van der Waals surface area (Å²) >= 11 is 0. The second-order valence-corrected chi connectivity index (χ2v) is 10.2. The fourth-order valence-corrected chi connectivity index (χ4v) is 5.50. The summed E-state index contributed by atoms with van der Waals surface area (Å²) in [5.41, 5.74) is 9.54. The molecule has 0 atom stereocenters. The number of halogens is 3. The van der Waals surface area contributed by atoms with E-state index in [1.807, 2.05) is 24.4 Å². The monoisotopic (exact) mass is 515 g/mol. The van der Waals surface area contributed by atoms with Crippen LogP contribution in [0.15, 0.2) is 36.5 Å². The van der Waals surface area contributed by atoms with Gasteiger partial charge in [0, 0.05) is 24.7 Å². The Balaban J connectivity index is 1.31. The Morgan fingerprint density at radius 1 is 1.05 bits per heavy atom. The molecule has 8 heteroatoms. The summed E-state index contributed by atoms with van der Waals surface area (Å²) in [7, 11) is 1.65. The van der Waals surface area contributed by atoms with Gasteiger partial charge in [-0.15, -0.1) is 0 Å². The molecule has 4 rings (SSSR count). The highest BCUT2D eigenvalue weighted by Gasteiger charge is 2.33. The van der Waals surface area contributed by atoms with Gasteiger partial charge >= 0.3 is 0 Å². The molecular formula is C29H36F3N3O2. The third-order valence-electron chi connectivity index (χ3n) is 7.87. The zero-order valence-corrected chi connectivity index (χ0v) is 21.4. The molecule has 1 fully saturated rings. The lowest BCUT2D eigenvalue weighted by Gasteiger charge is -2.41. The fraction of sp³-hybridized carbons (Fsp3) is 0.483. The molecule has 3 aromatic rings. The maximum atomic E-state index is 13.4. The van der Waals surface area contributed by atoms with Gasteiger partial charge in [-0.05, 0) is 117 Å². The molecule has 1 saturated heterocycles. The molecule has 0 amide bonds. The van der Waals surface area contributed by atoms with E-state index >= 15 is 0 Å². The molecule has 0 aliphatic carbocycles. The lowest BCUT2D eigenvalue weighted by molar-refractivity contribution is 0.0353. The van der Waals surface area contributed by atoms with Crippen molar-refractivity contribution in [2.75, 3.05) is 33.4 Å². The van der Waals surface area contributed by atoms with Crippen LogP contribution < -0.4 is 10.5 Å². The van der Waals surface area contributed by atoms with Crippen LogP contribution in [0.2, 0.25) is 0 Å². The van der Waals surface area contributed by atoms with E-state index in [9.17, 15) is 18.3 Å². The van der Waals surface area contributed by atoms with Gasteiger partial charge < -0.3 is 20.5 Å². The number of methoxy groups -OCH3 is 1. The molecule has 3 N–H and O–H groups in total. The number of fused-ring (bicyclic) bond motifs is 1. The van der Waals surface area contributed by atoms with Gasteiger partial charge in [-0.2, -0.15) is 0 Å². The van der Waals surface area contributed by atoms with E-state index in [1.54, 1.807) is 7.11 Å². The molecule has 1 aliphatic rings. The Morgan fingerprint density at radius 2 is 1.78 bits per heavy atom. The molecule has 2 aromatic carbocycles. The van der Waals surface area contributed by atoms with E-state index in [0.717, 1.165) is 92.5 Å². The number of rotatable bonds is 11. The number of hydrogen-bond donors (Lipinski definition) is 2. The van der Waals surface area contributed by atoms with Crippen LogP contribution >= 0.6 is 0 Å². The third kappa shape index (κ3) is 6.43. The Hall–Kier alpha value is -2.68. The molecule has 0 spiro atoms. The van der Waals surface area contributed by atoms with Gasteiger partial charge in [0.15, 0.2) is 17.5 Å². The summed E-state index contributed by atoms with van der Waals surface area (Å²) in [6.07, 6.45) is 7.60. The average molecular weight is 516 g/mol. The number of nitrogens with zero attached hydrogens (tertiary/aromatic N) is 2. The highest BCUT2D eigenvalue weighted by atomic mass is 19.2. The van der Waals surface area contributed by atoms with E-state index in [-0.39, 0.29) is 12.0 Å². The van der Waals surface area contributed by atoms with E-state index in [2.05, 4.69) is 9.88 Å². The second-order valence-electron chi connectivity index (χ2n) is 10.2. The first kappa shape index (κ1) is 27.4. The molecule has 200 valence electrons. The van der Waals surface area contributed by atoms with Crippen molar-refractivity contribution < 1.29 is 23.0 Å². The second kappa shape index (κ2) is 12.2. The fourth-order valence-electron chi connectivity index (χ4n) is 5.50. The number of benzene rings is 2. The summed E-state index contributed by atoms with van der Waals surface area (Å²) in [6, 6.07) is 8.04. The standard InChI is InChI=1S/C29H36F3N3O2/c1-37-22-6-7-27-24(16-22)23(21(17-33)18-34-27)5-2-8-29(19-36)9-12-35(13-10-29)11-3-4-20-14-25(30)28(32)26(31)15-20/h6-7,14-16,18,36H,2-5,8-13,17,19,33H2,1H3. The van der Waals surface area contributed by atoms with Crippen molar-refractivity contribution in [1.82, 2.24) is 9.88 Å². The van der Waals surface area contributed by atoms with Gasteiger partial charge in [-0.1, -0.05) is 0 Å². The van der Waals surface area contributed by atoms with Gasteiger partial charge in [-0.25, -0.2) is 13.2 Å². The van der Waals surface area contributed by atoms with E-state index in [4.69, 9.17) is 10.5 Å². The third-order valence-corrected chi connectivity index (χ3v) is 7.87. The SMILES string of the molecule is COc1ccc2ncc(CN)c(CCCC3(CO)CCN(CCCc4cc(F)c(F)c(F)c4)CC3)c2c1.